The first-order valence-electron chi connectivity index (χ1n) is 3.32. The van der Waals surface area contributed by atoms with E-state index in [1.54, 1.807) is 20.8 Å². The first kappa shape index (κ1) is 9.81. The second-order valence-electron chi connectivity index (χ2n) is 3.01. The summed E-state index contributed by atoms with van der Waals surface area (Å²) in [4.78, 5) is 10.8. The molecule has 0 atom stereocenters. The van der Waals surface area contributed by atoms with Crippen molar-refractivity contribution in [3.8, 4) is 0 Å². The van der Waals surface area contributed by atoms with Gasteiger partial charge >= 0.3 is 6.09 Å². The summed E-state index contributed by atoms with van der Waals surface area (Å²) in [6.07, 6.45) is 2.04. The van der Waals surface area contributed by atoms with Crippen LogP contribution in [0, 0.1) is 0 Å². The summed E-state index contributed by atoms with van der Waals surface area (Å²) in [5.41, 5.74) is 4.52. The number of carbonyl (C=O) groups is 1. The van der Waals surface area contributed by atoms with Gasteiger partial charge in [-0.15, -0.1) is 0 Å². The van der Waals surface area contributed by atoms with E-state index in [1.165, 1.54) is 12.4 Å². The molecule has 0 aromatic carbocycles. The topological polar surface area (TPSA) is 64.3 Å². The maximum atomic E-state index is 10.8. The Hall–Kier alpha value is -1.19. The fourth-order valence-corrected chi connectivity index (χ4v) is 0.424. The third-order valence-corrected chi connectivity index (χ3v) is 0.696. The Morgan fingerprint density at radius 3 is 2.45 bits per heavy atom. The zero-order valence-corrected chi connectivity index (χ0v) is 7.05. The van der Waals surface area contributed by atoms with Crippen molar-refractivity contribution in [3.05, 3.63) is 12.4 Å². The third kappa shape index (κ3) is 6.70. The van der Waals surface area contributed by atoms with Gasteiger partial charge in [-0.3, -0.25) is 5.32 Å². The summed E-state index contributed by atoms with van der Waals surface area (Å²) in [5.74, 6) is 0. The second-order valence-corrected chi connectivity index (χ2v) is 3.01. The fraction of sp³-hybridized carbons (Fsp3) is 0.571. The molecule has 0 unspecified atom stereocenters. The lowest BCUT2D eigenvalue weighted by molar-refractivity contribution is 0.0552. The third-order valence-electron chi connectivity index (χ3n) is 0.696. The van der Waals surface area contributed by atoms with Crippen molar-refractivity contribution in [2.75, 3.05) is 0 Å². The largest absolute Gasteiger partial charge is 0.444 e. The monoisotopic (exact) mass is 158 g/mol. The van der Waals surface area contributed by atoms with Crippen LogP contribution in [0.3, 0.4) is 0 Å². The molecule has 0 spiro atoms. The van der Waals surface area contributed by atoms with Crippen LogP contribution < -0.4 is 11.1 Å². The van der Waals surface area contributed by atoms with Gasteiger partial charge in [0.05, 0.1) is 0 Å². The lowest BCUT2D eigenvalue weighted by Crippen LogP contribution is -2.29. The molecule has 3 N–H and O–H groups in total. The van der Waals surface area contributed by atoms with Gasteiger partial charge in [-0.1, -0.05) is 0 Å². The Bertz CT molecular complexity index is 158. The molecule has 4 nitrogen and oxygen atoms in total. The second kappa shape index (κ2) is 3.85. The van der Waals surface area contributed by atoms with E-state index in [9.17, 15) is 4.79 Å². The predicted octanol–water partition coefficient (Wildman–Crippen LogP) is 0.941. The van der Waals surface area contributed by atoms with Crippen molar-refractivity contribution in [2.24, 2.45) is 5.73 Å². The molecule has 0 rings (SSSR count). The van der Waals surface area contributed by atoms with Crippen LogP contribution >= 0.6 is 0 Å². The number of nitrogens with one attached hydrogen (secondary N) is 1. The summed E-state index contributed by atoms with van der Waals surface area (Å²) in [6, 6.07) is 0. The SMILES string of the molecule is CC(C)(C)OC(=O)N/C=C\N. The Morgan fingerprint density at radius 1 is 1.55 bits per heavy atom. The maximum absolute atomic E-state index is 10.8. The molecule has 1 amide bonds. The van der Waals surface area contributed by atoms with Gasteiger partial charge in [-0.25, -0.2) is 4.79 Å². The van der Waals surface area contributed by atoms with E-state index in [0.717, 1.165) is 0 Å². The van der Waals surface area contributed by atoms with Crippen molar-refractivity contribution in [1.29, 1.82) is 0 Å². The summed E-state index contributed by atoms with van der Waals surface area (Å²) in [5, 5.41) is 2.32. The quantitative estimate of drug-likeness (QED) is 0.597. The molecule has 0 aliphatic rings. The number of ether oxygens (including phenoxy) is 1. The van der Waals surface area contributed by atoms with E-state index in [1.807, 2.05) is 0 Å². The van der Waals surface area contributed by atoms with Crippen LogP contribution in [0.15, 0.2) is 12.4 Å². The smallest absolute Gasteiger partial charge is 0.411 e. The minimum atomic E-state index is -0.501. The highest BCUT2D eigenvalue weighted by Gasteiger charge is 2.14. The maximum Gasteiger partial charge on any atom is 0.411 e. The van der Waals surface area contributed by atoms with Crippen LogP contribution in [-0.2, 0) is 4.74 Å². The van der Waals surface area contributed by atoms with Crippen molar-refractivity contribution in [3.63, 3.8) is 0 Å². The molecule has 11 heavy (non-hydrogen) atoms. The zero-order valence-electron chi connectivity index (χ0n) is 7.05. The van der Waals surface area contributed by atoms with Crippen LogP contribution in [0.4, 0.5) is 4.79 Å². The molecule has 0 radical (unpaired) electrons. The van der Waals surface area contributed by atoms with Crippen LogP contribution in [-0.4, -0.2) is 11.7 Å². The molecule has 0 fully saturated rings. The number of carbonyl (C=O) groups excluding carboxylic acids is 1. The van der Waals surface area contributed by atoms with E-state index in [-0.39, 0.29) is 0 Å². The fourth-order valence-electron chi connectivity index (χ4n) is 0.424. The Balaban J connectivity index is 3.70. The predicted molar refractivity (Wildman–Crippen MR) is 42.7 cm³/mol. The van der Waals surface area contributed by atoms with Gasteiger partial charge in [0, 0.05) is 12.4 Å². The molecule has 0 aromatic heterocycles. The molecule has 0 saturated carbocycles. The molecule has 0 aliphatic heterocycles. The van der Waals surface area contributed by atoms with Gasteiger partial charge in [0.25, 0.3) is 0 Å². The van der Waals surface area contributed by atoms with Crippen molar-refractivity contribution in [2.45, 2.75) is 26.4 Å². The molecular weight excluding hydrogens is 144 g/mol. The molecule has 0 bridgehead atoms. The van der Waals surface area contributed by atoms with Crippen molar-refractivity contribution in [1.82, 2.24) is 5.32 Å². The highest BCUT2D eigenvalue weighted by molar-refractivity contribution is 5.68. The lowest BCUT2D eigenvalue weighted by Gasteiger charge is -2.18. The van der Waals surface area contributed by atoms with Crippen molar-refractivity contribution < 1.29 is 9.53 Å². The van der Waals surface area contributed by atoms with E-state index < -0.39 is 11.7 Å². The summed E-state index contributed by atoms with van der Waals surface area (Å²) in [7, 11) is 0. The standard InChI is InChI=1S/C7H14N2O2/c1-7(2,3)11-6(10)9-5-4-8/h4-5H,8H2,1-3H3,(H,9,10)/b5-4-. The molecule has 0 aliphatic carbocycles. The van der Waals surface area contributed by atoms with Crippen LogP contribution in [0.5, 0.6) is 0 Å². The van der Waals surface area contributed by atoms with Gasteiger partial charge in [0.1, 0.15) is 5.60 Å². The summed E-state index contributed by atoms with van der Waals surface area (Å²) >= 11 is 0. The molecular formula is C7H14N2O2. The zero-order chi connectivity index (χ0) is 8.91. The van der Waals surface area contributed by atoms with Gasteiger partial charge in [-0.2, -0.15) is 0 Å². The first-order chi connectivity index (χ1) is 4.95. The Labute approximate surface area is 66.4 Å². The molecule has 0 saturated heterocycles. The van der Waals surface area contributed by atoms with Gasteiger partial charge < -0.3 is 10.5 Å². The molecule has 0 heterocycles. The highest BCUT2D eigenvalue weighted by atomic mass is 16.6. The number of rotatable bonds is 1. The normalized spacial score (nSPS) is 11.5. The average Bonchev–Trinajstić information content (AvgIpc) is 1.79. The Morgan fingerprint density at radius 2 is 2.09 bits per heavy atom. The molecule has 64 valence electrons. The van der Waals surface area contributed by atoms with Gasteiger partial charge in [0.15, 0.2) is 0 Å². The number of amides is 1. The average molecular weight is 158 g/mol. The molecule has 0 aromatic rings. The van der Waals surface area contributed by atoms with E-state index in [4.69, 9.17) is 10.5 Å². The van der Waals surface area contributed by atoms with Crippen molar-refractivity contribution >= 4 is 6.09 Å². The van der Waals surface area contributed by atoms with Crippen LogP contribution in [0.2, 0.25) is 0 Å². The van der Waals surface area contributed by atoms with E-state index in [2.05, 4.69) is 5.32 Å². The van der Waals surface area contributed by atoms with Gasteiger partial charge in [0.2, 0.25) is 0 Å². The van der Waals surface area contributed by atoms with Crippen LogP contribution in [0.1, 0.15) is 20.8 Å². The van der Waals surface area contributed by atoms with Gasteiger partial charge in [-0.05, 0) is 20.8 Å². The number of hydrogen-bond acceptors (Lipinski definition) is 3. The Kier molecular flexibility index (Phi) is 3.44. The number of hydrogen-bond donors (Lipinski definition) is 2. The molecule has 4 heteroatoms. The van der Waals surface area contributed by atoms with E-state index >= 15 is 0 Å². The summed E-state index contributed by atoms with van der Waals surface area (Å²) < 4.78 is 4.88. The number of nitrogens with two attached hydrogens (primary N) is 1. The first-order valence-corrected chi connectivity index (χ1v) is 3.32. The minimum absolute atomic E-state index is 0.466. The minimum Gasteiger partial charge on any atom is -0.444 e. The lowest BCUT2D eigenvalue weighted by atomic mass is 10.2. The highest BCUT2D eigenvalue weighted by Crippen LogP contribution is 2.05. The van der Waals surface area contributed by atoms with E-state index in [0.29, 0.717) is 0 Å². The summed E-state index contributed by atoms with van der Waals surface area (Å²) in [6.45, 7) is 5.37. The number of alkyl carbamates (subject to hydrolysis) is 1. The van der Waals surface area contributed by atoms with Crippen LogP contribution in [0.25, 0.3) is 0 Å².